The highest BCUT2D eigenvalue weighted by molar-refractivity contribution is 7.97. The first kappa shape index (κ1) is 8.37. The van der Waals surface area contributed by atoms with Crippen LogP contribution in [0.4, 0.5) is 5.82 Å². The quantitative estimate of drug-likeness (QED) is 0.758. The molecule has 0 spiro atoms. The average Bonchev–Trinajstić information content (AvgIpc) is 2.53. The number of nitrogen functional groups attached to an aromatic ring is 1. The van der Waals surface area contributed by atoms with E-state index in [0.717, 1.165) is 22.6 Å². The summed E-state index contributed by atoms with van der Waals surface area (Å²) < 4.78 is 0. The summed E-state index contributed by atoms with van der Waals surface area (Å²) in [4.78, 5) is 11.5. The highest BCUT2D eigenvalue weighted by Crippen LogP contribution is 2.17. The molecule has 0 fully saturated rings. The molecule has 2 heterocycles. The first-order valence-electron chi connectivity index (χ1n) is 3.89. The maximum Gasteiger partial charge on any atom is 0.143 e. The largest absolute Gasteiger partial charge is 0.383 e. The van der Waals surface area contributed by atoms with Crippen LogP contribution < -0.4 is 5.73 Å². The normalized spacial score (nSPS) is 10.8. The van der Waals surface area contributed by atoms with E-state index in [1.54, 1.807) is 11.8 Å². The van der Waals surface area contributed by atoms with E-state index in [0.29, 0.717) is 5.82 Å². The highest BCUT2D eigenvalue weighted by atomic mass is 32.2. The minimum Gasteiger partial charge on any atom is -0.383 e. The summed E-state index contributed by atoms with van der Waals surface area (Å²) in [6.45, 7) is 0. The zero-order chi connectivity index (χ0) is 9.26. The second kappa shape index (κ2) is 3.26. The van der Waals surface area contributed by atoms with Gasteiger partial charge in [0.15, 0.2) is 0 Å². The minimum atomic E-state index is 0.551. The van der Waals surface area contributed by atoms with Crippen molar-refractivity contribution < 1.29 is 0 Å². The minimum absolute atomic E-state index is 0.551. The van der Waals surface area contributed by atoms with Gasteiger partial charge in [-0.2, -0.15) is 11.8 Å². The fourth-order valence-corrected chi connectivity index (χ4v) is 1.59. The molecule has 4 nitrogen and oxygen atoms in total. The predicted molar refractivity (Wildman–Crippen MR) is 55.5 cm³/mol. The summed E-state index contributed by atoms with van der Waals surface area (Å²) in [6.07, 6.45) is 3.83. The summed E-state index contributed by atoms with van der Waals surface area (Å²) >= 11 is 1.68. The number of nitrogens with zero attached hydrogens (tertiary/aromatic N) is 2. The molecular formula is C8H10N4S. The van der Waals surface area contributed by atoms with Crippen LogP contribution in [0.1, 0.15) is 5.82 Å². The van der Waals surface area contributed by atoms with Gasteiger partial charge in [-0.15, -0.1) is 0 Å². The molecule has 68 valence electrons. The third-order valence-electron chi connectivity index (χ3n) is 1.76. The molecule has 2 aromatic rings. The van der Waals surface area contributed by atoms with Crippen LogP contribution in [0.5, 0.6) is 0 Å². The van der Waals surface area contributed by atoms with E-state index in [9.17, 15) is 0 Å². The molecule has 0 bridgehead atoms. The van der Waals surface area contributed by atoms with Crippen molar-refractivity contribution >= 4 is 28.6 Å². The predicted octanol–water partition coefficient (Wildman–Crippen LogP) is 1.40. The van der Waals surface area contributed by atoms with Gasteiger partial charge in [0.25, 0.3) is 0 Å². The topological polar surface area (TPSA) is 67.6 Å². The molecule has 0 radical (unpaired) electrons. The molecular weight excluding hydrogens is 184 g/mol. The van der Waals surface area contributed by atoms with Crippen LogP contribution in [0.25, 0.3) is 11.0 Å². The number of nitrogens with one attached hydrogen (secondary N) is 1. The van der Waals surface area contributed by atoms with Gasteiger partial charge < -0.3 is 10.7 Å². The molecule has 0 aliphatic carbocycles. The van der Waals surface area contributed by atoms with Crippen LogP contribution in [-0.4, -0.2) is 21.2 Å². The van der Waals surface area contributed by atoms with Crippen molar-refractivity contribution in [1.82, 2.24) is 15.0 Å². The van der Waals surface area contributed by atoms with E-state index in [1.807, 2.05) is 18.5 Å². The Morgan fingerprint density at radius 3 is 3.15 bits per heavy atom. The van der Waals surface area contributed by atoms with Crippen molar-refractivity contribution in [2.24, 2.45) is 0 Å². The van der Waals surface area contributed by atoms with Gasteiger partial charge >= 0.3 is 0 Å². The number of aromatic nitrogens is 3. The number of hydrogen-bond donors (Lipinski definition) is 2. The second-order valence-electron chi connectivity index (χ2n) is 2.70. The maximum atomic E-state index is 5.75. The summed E-state index contributed by atoms with van der Waals surface area (Å²) in [6, 6.07) is 1.88. The van der Waals surface area contributed by atoms with Gasteiger partial charge in [-0.25, -0.2) is 9.97 Å². The fourth-order valence-electron chi connectivity index (χ4n) is 1.21. The summed E-state index contributed by atoms with van der Waals surface area (Å²) in [5.74, 6) is 2.12. The number of fused-ring (bicyclic) bond motifs is 1. The van der Waals surface area contributed by atoms with Gasteiger partial charge in [0.05, 0.1) is 11.1 Å². The van der Waals surface area contributed by atoms with E-state index in [1.165, 1.54) is 0 Å². The number of aromatic amines is 1. The van der Waals surface area contributed by atoms with Crippen molar-refractivity contribution in [3.05, 3.63) is 18.1 Å². The maximum absolute atomic E-state index is 5.75. The molecule has 0 saturated carbocycles. The van der Waals surface area contributed by atoms with E-state index in [4.69, 9.17) is 5.73 Å². The van der Waals surface area contributed by atoms with Crippen molar-refractivity contribution in [3.8, 4) is 0 Å². The first-order valence-corrected chi connectivity index (χ1v) is 5.29. The fraction of sp³-hybridized carbons (Fsp3) is 0.250. The number of hydrogen-bond acceptors (Lipinski definition) is 4. The Morgan fingerprint density at radius 2 is 2.38 bits per heavy atom. The highest BCUT2D eigenvalue weighted by Gasteiger charge is 2.04. The summed E-state index contributed by atoms with van der Waals surface area (Å²) in [5.41, 5.74) is 6.57. The van der Waals surface area contributed by atoms with Gasteiger partial charge in [0.1, 0.15) is 17.3 Å². The lowest BCUT2D eigenvalue weighted by Gasteiger charge is -1.99. The zero-order valence-electron chi connectivity index (χ0n) is 7.24. The molecule has 5 heteroatoms. The number of rotatable bonds is 2. The Bertz CT molecular complexity index is 423. The molecule has 0 aliphatic rings. The number of H-pyrrole nitrogens is 1. The molecule has 2 rings (SSSR count). The van der Waals surface area contributed by atoms with Crippen LogP contribution >= 0.6 is 11.8 Å². The van der Waals surface area contributed by atoms with Gasteiger partial charge in [-0.3, -0.25) is 0 Å². The monoisotopic (exact) mass is 194 g/mol. The smallest absolute Gasteiger partial charge is 0.143 e. The number of thioether (sulfide) groups is 1. The van der Waals surface area contributed by atoms with Gasteiger partial charge in [0, 0.05) is 6.20 Å². The van der Waals surface area contributed by atoms with Gasteiger partial charge in [-0.05, 0) is 12.3 Å². The van der Waals surface area contributed by atoms with Crippen molar-refractivity contribution in [3.63, 3.8) is 0 Å². The average molecular weight is 194 g/mol. The lowest BCUT2D eigenvalue weighted by atomic mass is 10.4. The third-order valence-corrected chi connectivity index (χ3v) is 2.31. The van der Waals surface area contributed by atoms with Crippen LogP contribution in [0.15, 0.2) is 12.3 Å². The summed E-state index contributed by atoms with van der Waals surface area (Å²) in [5, 5.41) is 0.893. The summed E-state index contributed by atoms with van der Waals surface area (Å²) in [7, 11) is 0. The molecule has 0 amide bonds. The Kier molecular flexibility index (Phi) is 2.10. The lowest BCUT2D eigenvalue weighted by molar-refractivity contribution is 1.07. The molecule has 0 aromatic carbocycles. The van der Waals surface area contributed by atoms with Gasteiger partial charge in [0.2, 0.25) is 0 Å². The van der Waals surface area contributed by atoms with Gasteiger partial charge in [-0.1, -0.05) is 0 Å². The zero-order valence-corrected chi connectivity index (χ0v) is 8.06. The van der Waals surface area contributed by atoms with Crippen LogP contribution in [0.3, 0.4) is 0 Å². The Labute approximate surface area is 80.0 Å². The molecule has 0 saturated heterocycles. The van der Waals surface area contributed by atoms with E-state index < -0.39 is 0 Å². The molecule has 13 heavy (non-hydrogen) atoms. The number of anilines is 1. The standard InChI is InChI=1S/C8H10N4S/c1-13-4-6-11-7(9)5-2-3-10-8(5)12-6/h2-3H,4H2,1H3,(H3,9,10,11,12). The Hall–Kier alpha value is -1.23. The van der Waals surface area contributed by atoms with Crippen LogP contribution in [0, 0.1) is 0 Å². The lowest BCUT2D eigenvalue weighted by Crippen LogP contribution is -1.98. The Morgan fingerprint density at radius 1 is 1.54 bits per heavy atom. The SMILES string of the molecule is CSCc1nc(N)c2cc[nH]c2n1. The third kappa shape index (κ3) is 1.47. The molecule has 0 unspecified atom stereocenters. The molecule has 3 N–H and O–H groups in total. The molecule has 0 aliphatic heterocycles. The van der Waals surface area contributed by atoms with E-state index in [2.05, 4.69) is 15.0 Å². The van der Waals surface area contributed by atoms with Crippen LogP contribution in [-0.2, 0) is 5.75 Å². The van der Waals surface area contributed by atoms with Crippen molar-refractivity contribution in [2.45, 2.75) is 5.75 Å². The molecule has 2 aromatic heterocycles. The van der Waals surface area contributed by atoms with Crippen molar-refractivity contribution in [2.75, 3.05) is 12.0 Å². The Balaban J connectivity index is 2.56. The molecule has 0 atom stereocenters. The second-order valence-corrected chi connectivity index (χ2v) is 3.56. The number of nitrogens with two attached hydrogens (primary N) is 1. The van der Waals surface area contributed by atoms with Crippen LogP contribution in [0.2, 0.25) is 0 Å². The van der Waals surface area contributed by atoms with Crippen molar-refractivity contribution in [1.29, 1.82) is 0 Å². The van der Waals surface area contributed by atoms with E-state index in [-0.39, 0.29) is 0 Å². The first-order chi connectivity index (χ1) is 6.31. The van der Waals surface area contributed by atoms with E-state index >= 15 is 0 Å².